The van der Waals surface area contributed by atoms with Gasteiger partial charge in [-0.25, -0.2) is 4.98 Å². The molecule has 21 heavy (non-hydrogen) atoms. The minimum atomic E-state index is 0.0356. The molecule has 2 saturated heterocycles. The zero-order valence-electron chi connectivity index (χ0n) is 12.4. The second-order valence-corrected chi connectivity index (χ2v) is 5.52. The van der Waals surface area contributed by atoms with Crippen LogP contribution in [0.2, 0.25) is 0 Å². The van der Waals surface area contributed by atoms with E-state index < -0.39 is 0 Å². The third-order valence-electron chi connectivity index (χ3n) is 4.28. The van der Waals surface area contributed by atoms with Gasteiger partial charge in [-0.1, -0.05) is 0 Å². The highest BCUT2D eigenvalue weighted by atomic mass is 16.5. The SMILES string of the molecule is CNc1ccc(C(=O)N2CCC(N3CCOCC3)C2)nc1. The number of morpholine rings is 1. The van der Waals surface area contributed by atoms with Crippen LogP contribution in [0, 0.1) is 0 Å². The molecule has 6 nitrogen and oxygen atoms in total. The van der Waals surface area contributed by atoms with E-state index in [4.69, 9.17) is 4.74 Å². The monoisotopic (exact) mass is 290 g/mol. The zero-order chi connectivity index (χ0) is 14.7. The number of nitrogens with one attached hydrogen (secondary N) is 1. The van der Waals surface area contributed by atoms with Crippen LogP contribution >= 0.6 is 0 Å². The van der Waals surface area contributed by atoms with Crippen molar-refractivity contribution in [3.8, 4) is 0 Å². The molecule has 0 saturated carbocycles. The summed E-state index contributed by atoms with van der Waals surface area (Å²) in [5, 5.41) is 3.01. The maximum atomic E-state index is 12.5. The summed E-state index contributed by atoms with van der Waals surface area (Å²) in [7, 11) is 1.84. The van der Waals surface area contributed by atoms with Crippen molar-refractivity contribution in [1.29, 1.82) is 0 Å². The molecular formula is C15H22N4O2. The number of hydrogen-bond acceptors (Lipinski definition) is 5. The molecule has 1 amide bonds. The number of amides is 1. The molecule has 114 valence electrons. The summed E-state index contributed by atoms with van der Waals surface area (Å²) in [6.07, 6.45) is 2.74. The normalized spacial score (nSPS) is 23.3. The standard InChI is InChI=1S/C15H22N4O2/c1-16-12-2-3-14(17-10-12)15(20)19-5-4-13(11-19)18-6-8-21-9-7-18/h2-3,10,13,16H,4-9,11H2,1H3. The summed E-state index contributed by atoms with van der Waals surface area (Å²) in [4.78, 5) is 21.1. The van der Waals surface area contributed by atoms with Crippen LogP contribution in [0.25, 0.3) is 0 Å². The van der Waals surface area contributed by atoms with Crippen LogP contribution in [-0.2, 0) is 4.74 Å². The minimum absolute atomic E-state index is 0.0356. The first-order valence-electron chi connectivity index (χ1n) is 7.53. The third-order valence-corrected chi connectivity index (χ3v) is 4.28. The highest BCUT2D eigenvalue weighted by Crippen LogP contribution is 2.19. The molecule has 2 aliphatic heterocycles. The fraction of sp³-hybridized carbons (Fsp3) is 0.600. The van der Waals surface area contributed by atoms with Crippen molar-refractivity contribution in [2.24, 2.45) is 0 Å². The molecule has 0 radical (unpaired) electrons. The maximum absolute atomic E-state index is 12.5. The topological polar surface area (TPSA) is 57.7 Å². The lowest BCUT2D eigenvalue weighted by molar-refractivity contribution is 0.0185. The van der Waals surface area contributed by atoms with E-state index in [1.165, 1.54) is 0 Å². The van der Waals surface area contributed by atoms with E-state index in [-0.39, 0.29) is 5.91 Å². The van der Waals surface area contributed by atoms with Gasteiger partial charge in [-0.3, -0.25) is 9.69 Å². The van der Waals surface area contributed by atoms with Gasteiger partial charge in [-0.15, -0.1) is 0 Å². The molecule has 1 unspecified atom stereocenters. The number of likely N-dealkylation sites (tertiary alicyclic amines) is 1. The number of rotatable bonds is 3. The molecule has 0 spiro atoms. The fourth-order valence-electron chi connectivity index (χ4n) is 3.00. The molecule has 2 aliphatic rings. The quantitative estimate of drug-likeness (QED) is 0.887. The zero-order valence-corrected chi connectivity index (χ0v) is 12.4. The van der Waals surface area contributed by atoms with E-state index in [2.05, 4.69) is 15.2 Å². The predicted molar refractivity (Wildman–Crippen MR) is 80.5 cm³/mol. The molecule has 1 aromatic heterocycles. The smallest absolute Gasteiger partial charge is 0.272 e. The Kier molecular flexibility index (Phi) is 4.36. The molecule has 0 bridgehead atoms. The summed E-state index contributed by atoms with van der Waals surface area (Å²) >= 11 is 0. The Morgan fingerprint density at radius 3 is 2.81 bits per heavy atom. The van der Waals surface area contributed by atoms with Crippen molar-refractivity contribution in [3.63, 3.8) is 0 Å². The van der Waals surface area contributed by atoms with Gasteiger partial charge in [0.05, 0.1) is 25.1 Å². The Morgan fingerprint density at radius 1 is 1.33 bits per heavy atom. The van der Waals surface area contributed by atoms with Crippen molar-refractivity contribution in [2.45, 2.75) is 12.5 Å². The molecule has 0 aliphatic carbocycles. The van der Waals surface area contributed by atoms with Gasteiger partial charge in [-0.2, -0.15) is 0 Å². The number of hydrogen-bond donors (Lipinski definition) is 1. The van der Waals surface area contributed by atoms with Crippen LogP contribution in [-0.4, -0.2) is 73.2 Å². The van der Waals surface area contributed by atoms with E-state index in [0.717, 1.165) is 51.5 Å². The highest BCUT2D eigenvalue weighted by Gasteiger charge is 2.31. The number of nitrogens with zero attached hydrogens (tertiary/aromatic N) is 3. The Balaban J connectivity index is 1.60. The molecule has 1 N–H and O–H groups in total. The van der Waals surface area contributed by atoms with E-state index in [0.29, 0.717) is 11.7 Å². The first kappa shape index (κ1) is 14.3. The summed E-state index contributed by atoms with van der Waals surface area (Å²) in [5.74, 6) is 0.0356. The van der Waals surface area contributed by atoms with Crippen LogP contribution in [0.3, 0.4) is 0 Å². The van der Waals surface area contributed by atoms with Crippen molar-refractivity contribution in [1.82, 2.24) is 14.8 Å². The van der Waals surface area contributed by atoms with Crippen LogP contribution < -0.4 is 5.32 Å². The van der Waals surface area contributed by atoms with Crippen molar-refractivity contribution in [3.05, 3.63) is 24.0 Å². The third kappa shape index (κ3) is 3.16. The van der Waals surface area contributed by atoms with Gasteiger partial charge in [0.25, 0.3) is 5.91 Å². The maximum Gasteiger partial charge on any atom is 0.272 e. The molecule has 0 aromatic carbocycles. The van der Waals surface area contributed by atoms with E-state index in [1.807, 2.05) is 18.0 Å². The summed E-state index contributed by atoms with van der Waals surface area (Å²) in [6.45, 7) is 5.17. The van der Waals surface area contributed by atoms with Gasteiger partial charge in [0.1, 0.15) is 5.69 Å². The summed E-state index contributed by atoms with van der Waals surface area (Å²) in [6, 6.07) is 4.14. The van der Waals surface area contributed by atoms with Crippen molar-refractivity contribution < 1.29 is 9.53 Å². The lowest BCUT2D eigenvalue weighted by Gasteiger charge is -2.32. The van der Waals surface area contributed by atoms with E-state index in [9.17, 15) is 4.79 Å². The number of carbonyl (C=O) groups excluding carboxylic acids is 1. The summed E-state index contributed by atoms with van der Waals surface area (Å²) < 4.78 is 5.39. The lowest BCUT2D eigenvalue weighted by atomic mass is 10.2. The average molecular weight is 290 g/mol. The molecule has 2 fully saturated rings. The lowest BCUT2D eigenvalue weighted by Crippen LogP contribution is -2.45. The van der Waals surface area contributed by atoms with Crippen LogP contribution in [0.5, 0.6) is 0 Å². The molecule has 3 rings (SSSR count). The van der Waals surface area contributed by atoms with Gasteiger partial charge in [0.15, 0.2) is 0 Å². The van der Waals surface area contributed by atoms with Gasteiger partial charge < -0.3 is 15.0 Å². The number of pyridine rings is 1. The van der Waals surface area contributed by atoms with E-state index >= 15 is 0 Å². The number of carbonyl (C=O) groups is 1. The molecule has 1 atom stereocenters. The second-order valence-electron chi connectivity index (χ2n) is 5.52. The second kappa shape index (κ2) is 6.41. The predicted octanol–water partition coefficient (Wildman–Crippen LogP) is 0.670. The van der Waals surface area contributed by atoms with Crippen LogP contribution in [0.15, 0.2) is 18.3 Å². The van der Waals surface area contributed by atoms with Gasteiger partial charge >= 0.3 is 0 Å². The summed E-state index contributed by atoms with van der Waals surface area (Å²) in [5.41, 5.74) is 1.44. The van der Waals surface area contributed by atoms with Gasteiger partial charge in [0.2, 0.25) is 0 Å². The van der Waals surface area contributed by atoms with Crippen LogP contribution in [0.4, 0.5) is 5.69 Å². The van der Waals surface area contributed by atoms with Crippen molar-refractivity contribution in [2.75, 3.05) is 51.8 Å². The average Bonchev–Trinajstić information content (AvgIpc) is 3.05. The molecule has 6 heteroatoms. The van der Waals surface area contributed by atoms with Gasteiger partial charge in [0, 0.05) is 39.3 Å². The Hall–Kier alpha value is -1.66. The Morgan fingerprint density at radius 2 is 2.14 bits per heavy atom. The minimum Gasteiger partial charge on any atom is -0.387 e. The molecular weight excluding hydrogens is 268 g/mol. The Bertz CT molecular complexity index is 485. The largest absolute Gasteiger partial charge is 0.387 e. The van der Waals surface area contributed by atoms with Crippen molar-refractivity contribution >= 4 is 11.6 Å². The number of anilines is 1. The van der Waals surface area contributed by atoms with Gasteiger partial charge in [-0.05, 0) is 18.6 Å². The number of ether oxygens (including phenoxy) is 1. The first-order valence-corrected chi connectivity index (χ1v) is 7.53. The number of aromatic nitrogens is 1. The fourth-order valence-corrected chi connectivity index (χ4v) is 3.00. The molecule has 3 heterocycles. The van der Waals surface area contributed by atoms with E-state index in [1.54, 1.807) is 12.3 Å². The highest BCUT2D eigenvalue weighted by molar-refractivity contribution is 5.92. The van der Waals surface area contributed by atoms with Crippen LogP contribution in [0.1, 0.15) is 16.9 Å². The first-order chi connectivity index (χ1) is 10.3. The molecule has 1 aromatic rings. The Labute approximate surface area is 125 Å².